The Balaban J connectivity index is 1.50. The predicted molar refractivity (Wildman–Crippen MR) is 94.5 cm³/mol. The van der Waals surface area contributed by atoms with Gasteiger partial charge in [0.25, 0.3) is 0 Å². The molecule has 0 radical (unpaired) electrons. The van der Waals surface area contributed by atoms with E-state index in [1.54, 1.807) is 0 Å². The maximum atomic E-state index is 12.4. The lowest BCUT2D eigenvalue weighted by molar-refractivity contribution is -0.125. The van der Waals surface area contributed by atoms with E-state index in [2.05, 4.69) is 39.6 Å². The number of amides is 1. The fourth-order valence-corrected chi connectivity index (χ4v) is 3.45. The van der Waals surface area contributed by atoms with E-state index >= 15 is 0 Å². The zero-order valence-corrected chi connectivity index (χ0v) is 14.0. The van der Waals surface area contributed by atoms with Gasteiger partial charge in [-0.05, 0) is 50.9 Å². The van der Waals surface area contributed by atoms with Crippen LogP contribution in [-0.2, 0) is 11.2 Å². The van der Waals surface area contributed by atoms with Gasteiger partial charge in [-0.15, -0.1) is 0 Å². The number of nitrogens with one attached hydrogen (secondary N) is 2. The molecule has 3 rings (SSSR count). The third-order valence-electron chi connectivity index (χ3n) is 4.94. The molecule has 0 spiro atoms. The van der Waals surface area contributed by atoms with Crippen molar-refractivity contribution < 1.29 is 4.79 Å². The van der Waals surface area contributed by atoms with Gasteiger partial charge in [-0.2, -0.15) is 0 Å². The molecule has 2 heterocycles. The van der Waals surface area contributed by atoms with Crippen LogP contribution in [0.3, 0.4) is 0 Å². The molecule has 0 aliphatic carbocycles. The number of benzene rings is 1. The molecular formula is C19H27N3O. The van der Waals surface area contributed by atoms with Crippen molar-refractivity contribution in [1.82, 2.24) is 15.2 Å². The Morgan fingerprint density at radius 3 is 2.74 bits per heavy atom. The average molecular weight is 313 g/mol. The molecule has 0 unspecified atom stereocenters. The molecule has 1 amide bonds. The maximum absolute atomic E-state index is 12.4. The topological polar surface area (TPSA) is 48.1 Å². The molecule has 2 aromatic rings. The first-order chi connectivity index (χ1) is 11.3. The Bertz CT molecular complexity index is 641. The summed E-state index contributed by atoms with van der Waals surface area (Å²) in [4.78, 5) is 18.0. The highest BCUT2D eigenvalue weighted by molar-refractivity contribution is 5.83. The van der Waals surface area contributed by atoms with Gasteiger partial charge in [0.05, 0.1) is 6.04 Å². The monoisotopic (exact) mass is 313 g/mol. The molecule has 1 atom stereocenters. The Labute approximate surface area is 138 Å². The zero-order chi connectivity index (χ0) is 16.1. The van der Waals surface area contributed by atoms with Crippen molar-refractivity contribution in [3.63, 3.8) is 0 Å². The second-order valence-electron chi connectivity index (χ2n) is 6.53. The van der Waals surface area contributed by atoms with Gasteiger partial charge in [0.2, 0.25) is 5.91 Å². The summed E-state index contributed by atoms with van der Waals surface area (Å²) in [5.41, 5.74) is 2.43. The van der Waals surface area contributed by atoms with Crippen LogP contribution in [0.4, 0.5) is 0 Å². The van der Waals surface area contributed by atoms with Crippen molar-refractivity contribution in [2.75, 3.05) is 19.6 Å². The molecule has 1 fully saturated rings. The third kappa shape index (κ3) is 3.94. The second-order valence-corrected chi connectivity index (χ2v) is 6.53. The molecule has 1 aromatic carbocycles. The van der Waals surface area contributed by atoms with Crippen LogP contribution >= 0.6 is 0 Å². The Kier molecular flexibility index (Phi) is 5.34. The maximum Gasteiger partial charge on any atom is 0.237 e. The normalized spacial score (nSPS) is 17.8. The molecule has 0 bridgehead atoms. The van der Waals surface area contributed by atoms with E-state index in [1.165, 1.54) is 36.6 Å². The van der Waals surface area contributed by atoms with Crippen molar-refractivity contribution in [3.8, 4) is 0 Å². The van der Waals surface area contributed by atoms with Gasteiger partial charge < -0.3 is 10.3 Å². The molecular weight excluding hydrogens is 286 g/mol. The smallest absolute Gasteiger partial charge is 0.237 e. The van der Waals surface area contributed by atoms with Crippen molar-refractivity contribution in [3.05, 3.63) is 36.0 Å². The first kappa shape index (κ1) is 16.1. The van der Waals surface area contributed by atoms with Crippen molar-refractivity contribution in [1.29, 1.82) is 0 Å². The van der Waals surface area contributed by atoms with Gasteiger partial charge in [-0.1, -0.05) is 31.0 Å². The SMILES string of the molecule is C[C@@H](C(=O)NCCc1c[nH]c2ccccc12)N1CCCCCC1. The van der Waals surface area contributed by atoms with Gasteiger partial charge in [0, 0.05) is 23.6 Å². The predicted octanol–water partition coefficient (Wildman–Crippen LogP) is 3.09. The summed E-state index contributed by atoms with van der Waals surface area (Å²) in [5, 5.41) is 4.36. The summed E-state index contributed by atoms with van der Waals surface area (Å²) in [6.45, 7) is 4.83. The molecule has 1 aromatic heterocycles. The Hall–Kier alpha value is -1.81. The van der Waals surface area contributed by atoms with E-state index in [-0.39, 0.29) is 11.9 Å². The minimum atomic E-state index is -0.0175. The van der Waals surface area contributed by atoms with Crippen molar-refractivity contribution in [2.45, 2.75) is 45.1 Å². The highest BCUT2D eigenvalue weighted by Gasteiger charge is 2.21. The molecule has 23 heavy (non-hydrogen) atoms. The van der Waals surface area contributed by atoms with Crippen molar-refractivity contribution in [2.24, 2.45) is 0 Å². The summed E-state index contributed by atoms with van der Waals surface area (Å²) >= 11 is 0. The lowest BCUT2D eigenvalue weighted by Gasteiger charge is -2.26. The van der Waals surface area contributed by atoms with Crippen LogP contribution in [0, 0.1) is 0 Å². The van der Waals surface area contributed by atoms with Crippen LogP contribution in [0.25, 0.3) is 10.9 Å². The van der Waals surface area contributed by atoms with E-state index in [1.807, 2.05) is 13.0 Å². The van der Waals surface area contributed by atoms with E-state index in [4.69, 9.17) is 0 Å². The fourth-order valence-electron chi connectivity index (χ4n) is 3.45. The molecule has 4 nitrogen and oxygen atoms in total. The number of para-hydroxylation sites is 1. The molecule has 1 aliphatic heterocycles. The minimum Gasteiger partial charge on any atom is -0.361 e. The quantitative estimate of drug-likeness (QED) is 0.891. The molecule has 1 aliphatic rings. The van der Waals surface area contributed by atoms with Gasteiger partial charge in [-0.3, -0.25) is 9.69 Å². The molecule has 1 saturated heterocycles. The van der Waals surface area contributed by atoms with Gasteiger partial charge in [0.1, 0.15) is 0 Å². The number of nitrogens with zero attached hydrogens (tertiary/aromatic N) is 1. The summed E-state index contributed by atoms with van der Waals surface area (Å²) in [5.74, 6) is 0.159. The first-order valence-electron chi connectivity index (χ1n) is 8.82. The number of carbonyl (C=O) groups is 1. The van der Waals surface area contributed by atoms with Crippen LogP contribution in [-0.4, -0.2) is 41.5 Å². The fraction of sp³-hybridized carbons (Fsp3) is 0.526. The second kappa shape index (κ2) is 7.64. The van der Waals surface area contributed by atoms with Gasteiger partial charge in [-0.25, -0.2) is 0 Å². The van der Waals surface area contributed by atoms with Crippen LogP contribution in [0.15, 0.2) is 30.5 Å². The lowest BCUT2D eigenvalue weighted by atomic mass is 10.1. The van der Waals surface area contributed by atoms with E-state index < -0.39 is 0 Å². The molecule has 4 heteroatoms. The molecule has 2 N–H and O–H groups in total. The van der Waals surface area contributed by atoms with Crippen LogP contribution in [0.5, 0.6) is 0 Å². The number of aromatic nitrogens is 1. The zero-order valence-electron chi connectivity index (χ0n) is 14.0. The van der Waals surface area contributed by atoms with E-state index in [9.17, 15) is 4.79 Å². The number of hydrogen-bond donors (Lipinski definition) is 2. The minimum absolute atomic E-state index is 0.0175. The summed E-state index contributed by atoms with van der Waals surface area (Å²) in [6, 6.07) is 8.28. The Morgan fingerprint density at radius 1 is 1.22 bits per heavy atom. The summed E-state index contributed by atoms with van der Waals surface area (Å²) < 4.78 is 0. The highest BCUT2D eigenvalue weighted by atomic mass is 16.2. The number of rotatable bonds is 5. The standard InChI is InChI=1S/C19H27N3O/c1-15(22-12-6-2-3-7-13-22)19(23)20-11-10-16-14-21-18-9-5-4-8-17(16)18/h4-5,8-9,14-15,21H,2-3,6-7,10-13H2,1H3,(H,20,23)/t15-/m0/s1. The highest BCUT2D eigenvalue weighted by Crippen LogP contribution is 2.17. The average Bonchev–Trinajstić information content (AvgIpc) is 2.80. The summed E-state index contributed by atoms with van der Waals surface area (Å²) in [7, 11) is 0. The Morgan fingerprint density at radius 2 is 1.96 bits per heavy atom. The van der Waals surface area contributed by atoms with Crippen LogP contribution < -0.4 is 5.32 Å². The van der Waals surface area contributed by atoms with Crippen LogP contribution in [0.2, 0.25) is 0 Å². The number of aromatic amines is 1. The van der Waals surface area contributed by atoms with Crippen LogP contribution in [0.1, 0.15) is 38.2 Å². The largest absolute Gasteiger partial charge is 0.361 e. The van der Waals surface area contributed by atoms with E-state index in [0.717, 1.165) is 25.0 Å². The summed E-state index contributed by atoms with van der Waals surface area (Å²) in [6.07, 6.45) is 7.94. The lowest BCUT2D eigenvalue weighted by Crippen LogP contribution is -2.46. The van der Waals surface area contributed by atoms with Crippen molar-refractivity contribution >= 4 is 16.8 Å². The number of likely N-dealkylation sites (tertiary alicyclic amines) is 1. The number of H-pyrrole nitrogens is 1. The molecule has 124 valence electrons. The van der Waals surface area contributed by atoms with E-state index in [0.29, 0.717) is 6.54 Å². The number of fused-ring (bicyclic) bond motifs is 1. The number of carbonyl (C=O) groups excluding carboxylic acids is 1. The number of hydrogen-bond acceptors (Lipinski definition) is 2. The van der Waals surface area contributed by atoms with Gasteiger partial charge >= 0.3 is 0 Å². The van der Waals surface area contributed by atoms with Gasteiger partial charge in [0.15, 0.2) is 0 Å². The third-order valence-corrected chi connectivity index (χ3v) is 4.94. The first-order valence-corrected chi connectivity index (χ1v) is 8.82. The molecule has 0 saturated carbocycles.